The summed E-state index contributed by atoms with van der Waals surface area (Å²) in [5, 5.41) is 0.526. The molecule has 1 aliphatic heterocycles. The summed E-state index contributed by atoms with van der Waals surface area (Å²) in [6.07, 6.45) is 3.23. The number of piperidine rings is 1. The smallest absolute Gasteiger partial charge is 0.336 e. The molecule has 2 aromatic carbocycles. The number of fused-ring (bicyclic) bond motifs is 1. The van der Waals surface area contributed by atoms with Crippen LogP contribution < -0.4 is 10.3 Å². The molecule has 0 atom stereocenters. The Balaban J connectivity index is 1.44. The molecule has 1 amide bonds. The third kappa shape index (κ3) is 4.44. The van der Waals surface area contributed by atoms with Gasteiger partial charge in [-0.3, -0.25) is 4.79 Å². The second-order valence-electron chi connectivity index (χ2n) is 7.33. The fourth-order valence-corrected chi connectivity index (χ4v) is 4.58. The van der Waals surface area contributed by atoms with Gasteiger partial charge in [0.05, 0.1) is 4.90 Å². The van der Waals surface area contributed by atoms with Crippen LogP contribution in [-0.4, -0.2) is 32.3 Å². The highest BCUT2D eigenvalue weighted by molar-refractivity contribution is 7.89. The van der Waals surface area contributed by atoms with Crippen LogP contribution in [0.1, 0.15) is 35.2 Å². The van der Waals surface area contributed by atoms with Crippen LogP contribution in [0.2, 0.25) is 0 Å². The quantitative estimate of drug-likeness (QED) is 0.633. The van der Waals surface area contributed by atoms with E-state index in [1.807, 2.05) is 4.90 Å². The Bertz CT molecular complexity index is 1230. The minimum absolute atomic E-state index is 0.0182. The summed E-state index contributed by atoms with van der Waals surface area (Å²) in [6.45, 7) is 1.67. The maximum Gasteiger partial charge on any atom is 0.336 e. The topological polar surface area (TPSA) is 96.7 Å². The first-order valence-electron chi connectivity index (χ1n) is 9.84. The monoisotopic (exact) mass is 426 g/mol. The summed E-state index contributed by atoms with van der Waals surface area (Å²) < 4.78 is 32.9. The first-order valence-corrected chi connectivity index (χ1v) is 11.3. The van der Waals surface area contributed by atoms with Crippen LogP contribution in [0.3, 0.4) is 0 Å². The molecule has 0 spiro atoms. The van der Waals surface area contributed by atoms with E-state index in [0.29, 0.717) is 16.5 Å². The lowest BCUT2D eigenvalue weighted by atomic mass is 10.1. The van der Waals surface area contributed by atoms with E-state index in [-0.39, 0.29) is 17.3 Å². The number of likely N-dealkylation sites (tertiary alicyclic amines) is 1. The zero-order valence-electron chi connectivity index (χ0n) is 16.3. The van der Waals surface area contributed by atoms with E-state index in [1.54, 1.807) is 24.3 Å². The molecule has 30 heavy (non-hydrogen) atoms. The second kappa shape index (κ2) is 8.41. The van der Waals surface area contributed by atoms with Crippen LogP contribution >= 0.6 is 0 Å². The minimum atomic E-state index is -3.75. The van der Waals surface area contributed by atoms with Gasteiger partial charge in [0.15, 0.2) is 0 Å². The van der Waals surface area contributed by atoms with E-state index in [1.165, 1.54) is 30.3 Å². The first-order chi connectivity index (χ1) is 14.4. The fourth-order valence-electron chi connectivity index (χ4n) is 3.52. The molecule has 1 aliphatic rings. The van der Waals surface area contributed by atoms with Gasteiger partial charge in [0.1, 0.15) is 5.58 Å². The van der Waals surface area contributed by atoms with Crippen LogP contribution in [0.5, 0.6) is 0 Å². The summed E-state index contributed by atoms with van der Waals surface area (Å²) in [4.78, 5) is 25.7. The number of carbonyl (C=O) groups is 1. The summed E-state index contributed by atoms with van der Waals surface area (Å²) in [7, 11) is -3.75. The molecular formula is C22H22N2O5S. The van der Waals surface area contributed by atoms with Gasteiger partial charge in [-0.1, -0.05) is 12.1 Å². The molecule has 4 rings (SSSR count). The van der Waals surface area contributed by atoms with E-state index in [9.17, 15) is 18.0 Å². The number of rotatable bonds is 5. The summed E-state index contributed by atoms with van der Waals surface area (Å²) in [5.74, 6) is 0.0182. The molecule has 0 unspecified atom stereocenters. The molecular weight excluding hydrogens is 404 g/mol. The molecule has 0 aliphatic carbocycles. The third-order valence-electron chi connectivity index (χ3n) is 5.21. The average Bonchev–Trinajstić information content (AvgIpc) is 2.78. The molecule has 0 radical (unpaired) electrons. The van der Waals surface area contributed by atoms with E-state index >= 15 is 0 Å². The summed E-state index contributed by atoms with van der Waals surface area (Å²) >= 11 is 0. The van der Waals surface area contributed by atoms with E-state index < -0.39 is 15.6 Å². The largest absolute Gasteiger partial charge is 0.423 e. The van der Waals surface area contributed by atoms with Crippen molar-refractivity contribution >= 4 is 26.9 Å². The SMILES string of the molecule is O=C(c1ccc(CNS(=O)(=O)c2ccc3oc(=O)ccc3c2)cc1)N1CCCCC1. The van der Waals surface area contributed by atoms with Gasteiger partial charge in [-0.25, -0.2) is 17.9 Å². The van der Waals surface area contributed by atoms with Crippen molar-refractivity contribution in [3.63, 3.8) is 0 Å². The Kier molecular flexibility index (Phi) is 5.69. The molecule has 1 fully saturated rings. The number of carbonyl (C=O) groups excluding carboxylic acids is 1. The third-order valence-corrected chi connectivity index (χ3v) is 6.61. The van der Waals surface area contributed by atoms with E-state index in [2.05, 4.69) is 4.72 Å². The highest BCUT2D eigenvalue weighted by atomic mass is 32.2. The van der Waals surface area contributed by atoms with Gasteiger partial charge in [0, 0.05) is 36.7 Å². The van der Waals surface area contributed by atoms with Crippen molar-refractivity contribution in [2.75, 3.05) is 13.1 Å². The minimum Gasteiger partial charge on any atom is -0.423 e. The molecule has 8 heteroatoms. The Labute approximate surface area is 174 Å². The van der Waals surface area contributed by atoms with Crippen LogP contribution in [0.25, 0.3) is 11.0 Å². The lowest BCUT2D eigenvalue weighted by Gasteiger charge is -2.26. The number of nitrogens with one attached hydrogen (secondary N) is 1. The highest BCUT2D eigenvalue weighted by Crippen LogP contribution is 2.18. The van der Waals surface area contributed by atoms with Crippen LogP contribution in [0, 0.1) is 0 Å². The molecule has 1 saturated heterocycles. The van der Waals surface area contributed by atoms with Crippen molar-refractivity contribution in [3.05, 3.63) is 76.1 Å². The molecule has 7 nitrogen and oxygen atoms in total. The van der Waals surface area contributed by atoms with Gasteiger partial charge in [0.25, 0.3) is 5.91 Å². The summed E-state index contributed by atoms with van der Waals surface area (Å²) in [6, 6.07) is 14.1. The van der Waals surface area contributed by atoms with E-state index in [0.717, 1.165) is 37.9 Å². The molecule has 3 aromatic rings. The van der Waals surface area contributed by atoms with Crippen molar-refractivity contribution in [1.82, 2.24) is 9.62 Å². The number of hydrogen-bond donors (Lipinski definition) is 1. The Morgan fingerprint density at radius 3 is 2.43 bits per heavy atom. The second-order valence-corrected chi connectivity index (χ2v) is 9.10. The van der Waals surface area contributed by atoms with Crippen molar-refractivity contribution in [3.8, 4) is 0 Å². The number of sulfonamides is 1. The predicted molar refractivity (Wildman–Crippen MR) is 113 cm³/mol. The molecule has 0 bridgehead atoms. The van der Waals surface area contributed by atoms with Crippen LogP contribution in [0.15, 0.2) is 68.7 Å². The van der Waals surface area contributed by atoms with Gasteiger partial charge in [-0.15, -0.1) is 0 Å². The Morgan fingerprint density at radius 2 is 1.70 bits per heavy atom. The van der Waals surface area contributed by atoms with Gasteiger partial charge in [-0.05, 0) is 61.2 Å². The standard InChI is InChI=1S/C22H22N2O5S/c25-21-11-8-18-14-19(9-10-20(18)29-21)30(27,28)23-15-16-4-6-17(7-5-16)22(26)24-12-2-1-3-13-24/h4-11,14,23H,1-3,12-13,15H2. The average molecular weight is 426 g/mol. The van der Waals surface area contributed by atoms with Gasteiger partial charge in [-0.2, -0.15) is 0 Å². The highest BCUT2D eigenvalue weighted by Gasteiger charge is 2.18. The first kappa shape index (κ1) is 20.3. The van der Waals surface area contributed by atoms with Crippen molar-refractivity contribution < 1.29 is 17.6 Å². The van der Waals surface area contributed by atoms with Crippen molar-refractivity contribution in [2.24, 2.45) is 0 Å². The number of benzene rings is 2. The maximum atomic E-state index is 12.6. The number of nitrogens with zero attached hydrogens (tertiary/aromatic N) is 1. The Morgan fingerprint density at radius 1 is 0.967 bits per heavy atom. The maximum absolute atomic E-state index is 12.6. The molecule has 2 heterocycles. The molecule has 156 valence electrons. The Hall–Kier alpha value is -2.97. The lowest BCUT2D eigenvalue weighted by Crippen LogP contribution is -2.35. The zero-order valence-corrected chi connectivity index (χ0v) is 17.2. The van der Waals surface area contributed by atoms with Crippen molar-refractivity contribution in [2.45, 2.75) is 30.7 Å². The number of hydrogen-bond acceptors (Lipinski definition) is 5. The van der Waals surface area contributed by atoms with E-state index in [4.69, 9.17) is 4.42 Å². The molecule has 0 saturated carbocycles. The lowest BCUT2D eigenvalue weighted by molar-refractivity contribution is 0.0724. The predicted octanol–water partition coefficient (Wildman–Crippen LogP) is 2.90. The van der Waals surface area contributed by atoms with Gasteiger partial charge < -0.3 is 9.32 Å². The molecule has 1 aromatic heterocycles. The zero-order chi connectivity index (χ0) is 21.1. The normalized spacial score (nSPS) is 14.7. The van der Waals surface area contributed by atoms with Crippen LogP contribution in [0.4, 0.5) is 0 Å². The van der Waals surface area contributed by atoms with Gasteiger partial charge >= 0.3 is 5.63 Å². The van der Waals surface area contributed by atoms with Crippen molar-refractivity contribution in [1.29, 1.82) is 0 Å². The molecule has 1 N–H and O–H groups in total. The number of amides is 1. The van der Waals surface area contributed by atoms with Gasteiger partial charge in [0.2, 0.25) is 10.0 Å². The van der Waals surface area contributed by atoms with Crippen LogP contribution in [-0.2, 0) is 16.6 Å². The fraction of sp³-hybridized carbons (Fsp3) is 0.273. The summed E-state index contributed by atoms with van der Waals surface area (Å²) in [5.41, 5.74) is 1.20.